The third-order valence-corrected chi connectivity index (χ3v) is 6.10. The predicted molar refractivity (Wildman–Crippen MR) is 129 cm³/mol. The van der Waals surface area contributed by atoms with E-state index in [1.165, 1.54) is 6.07 Å². The van der Waals surface area contributed by atoms with Crippen LogP contribution in [0.5, 0.6) is 0 Å². The van der Waals surface area contributed by atoms with Crippen molar-refractivity contribution in [3.63, 3.8) is 0 Å². The van der Waals surface area contributed by atoms with Crippen LogP contribution in [0, 0.1) is 0 Å². The van der Waals surface area contributed by atoms with Gasteiger partial charge in [0.2, 0.25) is 5.95 Å². The quantitative estimate of drug-likeness (QED) is 0.414. The van der Waals surface area contributed by atoms with Gasteiger partial charge in [0.15, 0.2) is 0 Å². The second kappa shape index (κ2) is 8.95. The molecule has 0 saturated carbocycles. The summed E-state index contributed by atoms with van der Waals surface area (Å²) in [4.78, 5) is 12.7. The molecule has 0 bridgehead atoms. The van der Waals surface area contributed by atoms with Crippen molar-refractivity contribution in [1.29, 1.82) is 0 Å². The van der Waals surface area contributed by atoms with Gasteiger partial charge >= 0.3 is 6.18 Å². The molecule has 1 aliphatic rings. The molecule has 0 aliphatic carbocycles. The Bertz CT molecular complexity index is 1310. The molecule has 1 N–H and O–H groups in total. The number of alkyl halides is 3. The fourth-order valence-corrected chi connectivity index (χ4v) is 4.22. The van der Waals surface area contributed by atoms with E-state index in [4.69, 9.17) is 0 Å². The summed E-state index contributed by atoms with van der Waals surface area (Å²) in [5, 5.41) is 5.16. The molecule has 0 atom stereocenters. The number of rotatable bonds is 4. The zero-order valence-electron chi connectivity index (χ0n) is 18.7. The third-order valence-electron chi connectivity index (χ3n) is 6.10. The molecular weight excluding hydrogens is 439 g/mol. The van der Waals surface area contributed by atoms with Crippen molar-refractivity contribution in [2.24, 2.45) is 0 Å². The molecule has 3 aromatic carbocycles. The van der Waals surface area contributed by atoms with Crippen LogP contribution < -0.4 is 10.2 Å². The lowest BCUT2D eigenvalue weighted by Gasteiger charge is -2.35. The molecule has 8 heteroatoms. The largest absolute Gasteiger partial charge is 0.418 e. The van der Waals surface area contributed by atoms with Crippen LogP contribution in [0.2, 0.25) is 0 Å². The molecule has 4 aromatic rings. The number of halogens is 3. The highest BCUT2D eigenvalue weighted by molar-refractivity contribution is 5.86. The van der Waals surface area contributed by atoms with Crippen LogP contribution in [0.25, 0.3) is 22.0 Å². The van der Waals surface area contributed by atoms with Gasteiger partial charge in [-0.05, 0) is 48.2 Å². The SMILES string of the molecule is CN1CCN(c2ccc(Nc3nccc(-c4ccc5ccccc5c4)n3)cc2C(F)(F)F)CC1. The molecule has 5 nitrogen and oxygen atoms in total. The number of anilines is 3. The average molecular weight is 464 g/mol. The first-order valence-corrected chi connectivity index (χ1v) is 11.1. The summed E-state index contributed by atoms with van der Waals surface area (Å²) in [7, 11) is 1.97. The van der Waals surface area contributed by atoms with Gasteiger partial charge in [0.05, 0.1) is 11.3 Å². The number of benzene rings is 3. The van der Waals surface area contributed by atoms with Crippen molar-refractivity contribution < 1.29 is 13.2 Å². The van der Waals surface area contributed by atoms with Gasteiger partial charge in [0.1, 0.15) is 0 Å². The lowest BCUT2D eigenvalue weighted by Crippen LogP contribution is -2.45. The van der Waals surface area contributed by atoms with Crippen molar-refractivity contribution in [2.45, 2.75) is 6.18 Å². The van der Waals surface area contributed by atoms with Gasteiger partial charge in [-0.2, -0.15) is 13.2 Å². The minimum absolute atomic E-state index is 0.206. The van der Waals surface area contributed by atoms with Crippen molar-refractivity contribution in [3.05, 3.63) is 78.5 Å². The van der Waals surface area contributed by atoms with Crippen molar-refractivity contribution >= 4 is 28.1 Å². The number of piperazine rings is 1. The van der Waals surface area contributed by atoms with Crippen LogP contribution in [0.4, 0.5) is 30.5 Å². The van der Waals surface area contributed by atoms with E-state index in [1.54, 1.807) is 23.2 Å². The topological polar surface area (TPSA) is 44.3 Å². The van der Waals surface area contributed by atoms with Crippen molar-refractivity contribution in [1.82, 2.24) is 14.9 Å². The molecule has 0 unspecified atom stereocenters. The Morgan fingerprint density at radius 2 is 1.62 bits per heavy atom. The molecule has 1 aliphatic heterocycles. The Hall–Kier alpha value is -3.65. The Kier molecular flexibility index (Phi) is 5.83. The van der Waals surface area contributed by atoms with E-state index in [1.807, 2.05) is 49.5 Å². The monoisotopic (exact) mass is 463 g/mol. The minimum atomic E-state index is -4.47. The van der Waals surface area contributed by atoms with E-state index in [0.29, 0.717) is 24.5 Å². The zero-order chi connectivity index (χ0) is 23.7. The molecule has 1 fully saturated rings. The fourth-order valence-electron chi connectivity index (χ4n) is 4.22. The van der Waals surface area contributed by atoms with Crippen LogP contribution in [-0.2, 0) is 6.18 Å². The predicted octanol–water partition coefficient (Wildman–Crippen LogP) is 5.81. The molecule has 0 spiro atoms. The Morgan fingerprint density at radius 1 is 0.853 bits per heavy atom. The smallest absolute Gasteiger partial charge is 0.368 e. The number of aromatic nitrogens is 2. The van der Waals surface area contributed by atoms with E-state index in [9.17, 15) is 13.2 Å². The number of nitrogens with one attached hydrogen (secondary N) is 1. The highest BCUT2D eigenvalue weighted by Gasteiger charge is 2.35. The molecule has 1 saturated heterocycles. The zero-order valence-corrected chi connectivity index (χ0v) is 18.7. The molecule has 0 amide bonds. The summed E-state index contributed by atoms with van der Waals surface area (Å²) >= 11 is 0. The van der Waals surface area contributed by atoms with Gasteiger partial charge in [-0.15, -0.1) is 0 Å². The van der Waals surface area contributed by atoms with E-state index in [0.717, 1.165) is 35.5 Å². The Labute approximate surface area is 195 Å². The maximum Gasteiger partial charge on any atom is 0.418 e. The Balaban J connectivity index is 1.42. The van der Waals surface area contributed by atoms with Crippen molar-refractivity contribution in [3.8, 4) is 11.3 Å². The maximum atomic E-state index is 13.9. The molecule has 2 heterocycles. The number of nitrogens with zero attached hydrogens (tertiary/aromatic N) is 4. The highest BCUT2D eigenvalue weighted by Crippen LogP contribution is 2.39. The number of hydrogen-bond acceptors (Lipinski definition) is 5. The van der Waals surface area contributed by atoms with E-state index < -0.39 is 11.7 Å². The summed E-state index contributed by atoms with van der Waals surface area (Å²) in [5.74, 6) is 0.242. The van der Waals surface area contributed by atoms with Gasteiger partial charge in [-0.25, -0.2) is 9.97 Å². The molecular formula is C26H24F3N5. The standard InChI is InChI=1S/C26H24F3N5/c1-33-12-14-34(15-13-33)24-9-8-21(17-22(24)26(27,28)29)31-25-30-11-10-23(32-25)20-7-6-18-4-2-3-5-19(18)16-20/h2-11,16-17H,12-15H2,1H3,(H,30,31,32). The molecule has 174 valence electrons. The lowest BCUT2D eigenvalue weighted by molar-refractivity contribution is -0.137. The summed E-state index contributed by atoms with van der Waals surface area (Å²) in [6, 6.07) is 20.2. The normalized spacial score (nSPS) is 15.0. The summed E-state index contributed by atoms with van der Waals surface area (Å²) in [6.45, 7) is 2.58. The van der Waals surface area contributed by atoms with E-state index >= 15 is 0 Å². The number of fused-ring (bicyclic) bond motifs is 1. The maximum absolute atomic E-state index is 13.9. The van der Waals surface area contributed by atoms with Crippen LogP contribution in [-0.4, -0.2) is 48.1 Å². The van der Waals surface area contributed by atoms with Crippen LogP contribution in [0.1, 0.15) is 5.56 Å². The first-order valence-electron chi connectivity index (χ1n) is 11.1. The lowest BCUT2D eigenvalue weighted by atomic mass is 10.1. The van der Waals surface area contributed by atoms with E-state index in [-0.39, 0.29) is 11.6 Å². The third kappa shape index (κ3) is 4.68. The second-order valence-corrected chi connectivity index (χ2v) is 8.47. The Morgan fingerprint density at radius 3 is 2.38 bits per heavy atom. The summed E-state index contributed by atoms with van der Waals surface area (Å²) < 4.78 is 41.7. The van der Waals surface area contributed by atoms with Gasteiger partial charge in [0, 0.05) is 49.3 Å². The molecule has 1 aromatic heterocycles. The van der Waals surface area contributed by atoms with Gasteiger partial charge < -0.3 is 15.1 Å². The van der Waals surface area contributed by atoms with E-state index in [2.05, 4.69) is 20.2 Å². The van der Waals surface area contributed by atoms with Gasteiger partial charge in [0.25, 0.3) is 0 Å². The fraction of sp³-hybridized carbons (Fsp3) is 0.231. The number of hydrogen-bond donors (Lipinski definition) is 1. The highest BCUT2D eigenvalue weighted by atomic mass is 19.4. The van der Waals surface area contributed by atoms with Crippen LogP contribution in [0.3, 0.4) is 0 Å². The second-order valence-electron chi connectivity index (χ2n) is 8.47. The van der Waals surface area contributed by atoms with Crippen LogP contribution in [0.15, 0.2) is 72.9 Å². The van der Waals surface area contributed by atoms with Crippen LogP contribution >= 0.6 is 0 Å². The first-order chi connectivity index (χ1) is 16.4. The first kappa shape index (κ1) is 22.2. The minimum Gasteiger partial charge on any atom is -0.368 e. The average Bonchev–Trinajstić information content (AvgIpc) is 2.84. The molecule has 34 heavy (non-hydrogen) atoms. The molecule has 0 radical (unpaired) electrons. The van der Waals surface area contributed by atoms with Crippen molar-refractivity contribution in [2.75, 3.05) is 43.4 Å². The summed E-state index contributed by atoms with van der Waals surface area (Å²) in [6.07, 6.45) is -2.87. The van der Waals surface area contributed by atoms with Gasteiger partial charge in [-0.3, -0.25) is 0 Å². The molecule has 5 rings (SSSR count). The number of likely N-dealkylation sites (N-methyl/N-ethyl adjacent to an activating group) is 1. The summed E-state index contributed by atoms with van der Waals surface area (Å²) in [5.41, 5.74) is 1.43. The van der Waals surface area contributed by atoms with Gasteiger partial charge in [-0.1, -0.05) is 36.4 Å².